The van der Waals surface area contributed by atoms with Gasteiger partial charge in [-0.05, 0) is 44.0 Å². The van der Waals surface area contributed by atoms with Gasteiger partial charge < -0.3 is 18.8 Å². The molecular weight excluding hydrogens is 382 g/mol. The van der Waals surface area contributed by atoms with Crippen LogP contribution < -0.4 is 15.3 Å². The Morgan fingerprint density at radius 1 is 1.20 bits per heavy atom. The Morgan fingerprint density at radius 2 is 2.00 bits per heavy atom. The predicted octanol–water partition coefficient (Wildman–Crippen LogP) is 4.59. The number of hydrogen-bond acceptors (Lipinski definition) is 6. The van der Waals surface area contributed by atoms with Crippen molar-refractivity contribution in [2.45, 2.75) is 40.2 Å². The number of esters is 1. The minimum Gasteiger partial charge on any atom is -0.472 e. The van der Waals surface area contributed by atoms with Crippen molar-refractivity contribution in [3.8, 4) is 5.75 Å². The molecule has 2 aromatic carbocycles. The largest absolute Gasteiger partial charge is 0.472 e. The SMILES string of the molecule is CCCc1cc(=O)oc2c(C)c3c(cc12)CN(c1ccccc1C(=O)OCC)CO3. The lowest BCUT2D eigenvalue weighted by atomic mass is 9.98. The molecular formula is C24H25NO5. The van der Waals surface area contributed by atoms with E-state index in [1.165, 1.54) is 0 Å². The van der Waals surface area contributed by atoms with Gasteiger partial charge in [-0.25, -0.2) is 9.59 Å². The van der Waals surface area contributed by atoms with Crippen molar-refractivity contribution in [2.75, 3.05) is 18.2 Å². The van der Waals surface area contributed by atoms with Gasteiger partial charge in [0.1, 0.15) is 11.3 Å². The molecule has 156 valence electrons. The first-order valence-electron chi connectivity index (χ1n) is 10.3. The molecule has 0 aliphatic carbocycles. The Bertz CT molecular complexity index is 1160. The summed E-state index contributed by atoms with van der Waals surface area (Å²) in [5.74, 6) is 0.393. The molecule has 0 saturated heterocycles. The number of benzene rings is 2. The third-order valence-corrected chi connectivity index (χ3v) is 5.36. The van der Waals surface area contributed by atoms with Crippen LogP contribution in [0.5, 0.6) is 5.75 Å². The molecule has 0 amide bonds. The van der Waals surface area contributed by atoms with Crippen LogP contribution in [0.1, 0.15) is 47.3 Å². The fourth-order valence-electron chi connectivity index (χ4n) is 4.05. The number of ether oxygens (including phenoxy) is 2. The summed E-state index contributed by atoms with van der Waals surface area (Å²) in [7, 11) is 0. The highest BCUT2D eigenvalue weighted by atomic mass is 16.5. The Morgan fingerprint density at radius 3 is 2.77 bits per heavy atom. The number of carbonyl (C=O) groups is 1. The van der Waals surface area contributed by atoms with E-state index in [1.807, 2.05) is 36.1 Å². The van der Waals surface area contributed by atoms with Gasteiger partial charge in [0.15, 0.2) is 6.73 Å². The van der Waals surface area contributed by atoms with Crippen molar-refractivity contribution in [3.63, 3.8) is 0 Å². The van der Waals surface area contributed by atoms with Crippen LogP contribution in [0.15, 0.2) is 45.6 Å². The summed E-state index contributed by atoms with van der Waals surface area (Å²) in [6.45, 7) is 6.98. The van der Waals surface area contributed by atoms with Crippen molar-refractivity contribution in [1.29, 1.82) is 0 Å². The molecule has 3 aromatic rings. The van der Waals surface area contributed by atoms with E-state index in [0.717, 1.165) is 46.4 Å². The summed E-state index contributed by atoms with van der Waals surface area (Å²) in [6, 6.07) is 11.0. The number of rotatable bonds is 5. The van der Waals surface area contributed by atoms with Crippen LogP contribution in [0.2, 0.25) is 0 Å². The van der Waals surface area contributed by atoms with E-state index in [-0.39, 0.29) is 18.3 Å². The van der Waals surface area contributed by atoms with Crippen LogP contribution in [0.3, 0.4) is 0 Å². The minimum atomic E-state index is -0.347. The van der Waals surface area contributed by atoms with E-state index >= 15 is 0 Å². The van der Waals surface area contributed by atoms with Gasteiger partial charge in [-0.3, -0.25) is 0 Å². The second kappa shape index (κ2) is 8.22. The molecule has 0 unspecified atom stereocenters. The standard InChI is InChI=1S/C24H25NO5/c1-4-8-16-12-21(26)30-23-15(3)22-17(11-19(16)23)13-25(14-29-22)20-10-7-6-9-18(20)24(27)28-5-2/h6-7,9-12H,4-5,8,13-14H2,1-3H3. The van der Waals surface area contributed by atoms with Crippen LogP contribution in [0.4, 0.5) is 5.69 Å². The summed E-state index contributed by atoms with van der Waals surface area (Å²) < 4.78 is 16.8. The molecule has 30 heavy (non-hydrogen) atoms. The van der Waals surface area contributed by atoms with E-state index in [9.17, 15) is 9.59 Å². The number of para-hydroxylation sites is 1. The van der Waals surface area contributed by atoms with Crippen LogP contribution >= 0.6 is 0 Å². The van der Waals surface area contributed by atoms with Gasteiger partial charge in [0.2, 0.25) is 0 Å². The van der Waals surface area contributed by atoms with Crippen molar-refractivity contribution in [2.24, 2.45) is 0 Å². The maximum Gasteiger partial charge on any atom is 0.340 e. The maximum absolute atomic E-state index is 12.4. The van der Waals surface area contributed by atoms with Gasteiger partial charge in [-0.15, -0.1) is 0 Å². The van der Waals surface area contributed by atoms with E-state index in [2.05, 4.69) is 6.92 Å². The highest BCUT2D eigenvalue weighted by molar-refractivity contribution is 5.96. The van der Waals surface area contributed by atoms with Gasteiger partial charge in [-0.2, -0.15) is 0 Å². The van der Waals surface area contributed by atoms with Crippen LogP contribution in [0.25, 0.3) is 11.0 Å². The molecule has 0 saturated carbocycles. The van der Waals surface area contributed by atoms with Gasteiger partial charge in [-0.1, -0.05) is 25.5 Å². The maximum atomic E-state index is 12.4. The van der Waals surface area contributed by atoms with Crippen LogP contribution in [-0.4, -0.2) is 19.3 Å². The van der Waals surface area contributed by atoms with E-state index < -0.39 is 0 Å². The molecule has 0 spiro atoms. The molecule has 2 heterocycles. The highest BCUT2D eigenvalue weighted by Crippen LogP contribution is 2.37. The van der Waals surface area contributed by atoms with Gasteiger partial charge in [0, 0.05) is 29.1 Å². The van der Waals surface area contributed by atoms with E-state index in [0.29, 0.717) is 24.3 Å². The summed E-state index contributed by atoms with van der Waals surface area (Å²) in [4.78, 5) is 26.4. The first-order chi connectivity index (χ1) is 14.5. The highest BCUT2D eigenvalue weighted by Gasteiger charge is 2.25. The van der Waals surface area contributed by atoms with Crippen molar-refractivity contribution >= 4 is 22.6 Å². The smallest absolute Gasteiger partial charge is 0.340 e. The van der Waals surface area contributed by atoms with Gasteiger partial charge >= 0.3 is 11.6 Å². The first-order valence-corrected chi connectivity index (χ1v) is 10.3. The normalized spacial score (nSPS) is 13.1. The van der Waals surface area contributed by atoms with Crippen molar-refractivity contribution in [1.82, 2.24) is 0 Å². The predicted molar refractivity (Wildman–Crippen MR) is 115 cm³/mol. The third-order valence-electron chi connectivity index (χ3n) is 5.36. The molecule has 0 fully saturated rings. The second-order valence-electron chi connectivity index (χ2n) is 7.42. The number of hydrogen-bond donors (Lipinski definition) is 0. The quantitative estimate of drug-likeness (QED) is 0.455. The number of carbonyl (C=O) groups excluding carboxylic acids is 1. The lowest BCUT2D eigenvalue weighted by Crippen LogP contribution is -2.33. The minimum absolute atomic E-state index is 0.286. The fourth-order valence-corrected chi connectivity index (χ4v) is 4.05. The zero-order chi connectivity index (χ0) is 21.3. The van der Waals surface area contributed by atoms with E-state index in [4.69, 9.17) is 13.9 Å². The number of nitrogens with zero attached hydrogens (tertiary/aromatic N) is 1. The molecule has 0 N–H and O–H groups in total. The monoisotopic (exact) mass is 407 g/mol. The molecule has 1 aliphatic heterocycles. The van der Waals surface area contributed by atoms with Crippen molar-refractivity contribution in [3.05, 3.63) is 69.1 Å². The van der Waals surface area contributed by atoms with Crippen LogP contribution in [-0.2, 0) is 17.7 Å². The number of aryl methyl sites for hydroxylation is 2. The second-order valence-corrected chi connectivity index (χ2v) is 7.42. The average molecular weight is 407 g/mol. The molecule has 0 bridgehead atoms. The Balaban J connectivity index is 1.78. The molecule has 1 aliphatic rings. The Kier molecular flexibility index (Phi) is 5.48. The molecule has 0 radical (unpaired) electrons. The zero-order valence-electron chi connectivity index (χ0n) is 17.5. The third kappa shape index (κ3) is 3.54. The average Bonchev–Trinajstić information content (AvgIpc) is 2.75. The summed E-state index contributed by atoms with van der Waals surface area (Å²) >= 11 is 0. The number of anilines is 1. The summed E-state index contributed by atoms with van der Waals surface area (Å²) in [5.41, 5.74) is 4.35. The van der Waals surface area contributed by atoms with Crippen molar-refractivity contribution < 1.29 is 18.7 Å². The topological polar surface area (TPSA) is 69.0 Å². The first kappa shape index (κ1) is 20.0. The molecule has 6 nitrogen and oxygen atoms in total. The van der Waals surface area contributed by atoms with Crippen LogP contribution in [0, 0.1) is 6.92 Å². The Labute approximate surface area is 175 Å². The molecule has 6 heteroatoms. The number of fused-ring (bicyclic) bond motifs is 2. The molecule has 0 atom stereocenters. The van der Waals surface area contributed by atoms with Gasteiger partial charge in [0.05, 0.1) is 17.9 Å². The molecule has 1 aromatic heterocycles. The summed E-state index contributed by atoms with van der Waals surface area (Å²) in [6.07, 6.45) is 1.74. The zero-order valence-corrected chi connectivity index (χ0v) is 17.5. The lowest BCUT2D eigenvalue weighted by molar-refractivity contribution is 0.0527. The lowest BCUT2D eigenvalue weighted by Gasteiger charge is -2.33. The van der Waals surface area contributed by atoms with E-state index in [1.54, 1.807) is 19.1 Å². The van der Waals surface area contributed by atoms with Gasteiger partial charge in [0.25, 0.3) is 0 Å². The fraction of sp³-hybridized carbons (Fsp3) is 0.333. The summed E-state index contributed by atoms with van der Waals surface area (Å²) in [5, 5.41) is 0.942. The molecule has 4 rings (SSSR count). The Hall–Kier alpha value is -3.28.